The molecular weight excluding hydrogens is 418 g/mol. The van der Waals surface area contributed by atoms with Gasteiger partial charge in [0.25, 0.3) is 5.91 Å². The number of carbonyl (C=O) groups is 2. The first-order valence-corrected chi connectivity index (χ1v) is 11.0. The molecule has 2 heterocycles. The predicted octanol–water partition coefficient (Wildman–Crippen LogP) is 1.94. The molecule has 2 aliphatic heterocycles. The molecule has 0 aliphatic carbocycles. The molecule has 2 N–H and O–H groups in total. The highest BCUT2D eigenvalue weighted by Crippen LogP contribution is 2.38. The third-order valence-electron chi connectivity index (χ3n) is 6.24. The van der Waals surface area contributed by atoms with Gasteiger partial charge in [-0.15, -0.1) is 0 Å². The van der Waals surface area contributed by atoms with Crippen molar-refractivity contribution < 1.29 is 14.3 Å². The van der Waals surface area contributed by atoms with Crippen LogP contribution < -0.4 is 10.5 Å². The van der Waals surface area contributed by atoms with Crippen molar-refractivity contribution in [3.8, 4) is 11.8 Å². The maximum Gasteiger partial charge on any atom is 0.256 e. The first-order chi connectivity index (χ1) is 15.9. The Morgan fingerprint density at radius 2 is 2.06 bits per heavy atom. The zero-order chi connectivity index (χ0) is 23.4. The Bertz CT molecular complexity index is 1110. The fourth-order valence-corrected chi connectivity index (χ4v) is 4.53. The van der Waals surface area contributed by atoms with E-state index in [1.807, 2.05) is 30.3 Å². The molecule has 0 saturated carbocycles. The Morgan fingerprint density at radius 1 is 1.27 bits per heavy atom. The number of rotatable bonds is 7. The van der Waals surface area contributed by atoms with E-state index in [0.717, 1.165) is 11.3 Å². The van der Waals surface area contributed by atoms with Gasteiger partial charge < -0.3 is 15.4 Å². The SMILES string of the molecule is CN1N=C2CCN(C(=O)C(N)CCOc3cccc(C#N)c3)CC2(Cc2ccccc2)C1=O. The third-order valence-corrected chi connectivity index (χ3v) is 6.24. The minimum Gasteiger partial charge on any atom is -0.493 e. The summed E-state index contributed by atoms with van der Waals surface area (Å²) in [6, 6.07) is 18.0. The lowest BCUT2D eigenvalue weighted by Crippen LogP contribution is -2.58. The van der Waals surface area contributed by atoms with Crippen LogP contribution in [0.15, 0.2) is 59.7 Å². The number of likely N-dealkylation sites (tertiary alicyclic amines) is 1. The number of hydrazone groups is 1. The van der Waals surface area contributed by atoms with Gasteiger partial charge in [0.1, 0.15) is 11.2 Å². The van der Waals surface area contributed by atoms with Gasteiger partial charge in [-0.25, -0.2) is 5.01 Å². The number of fused-ring (bicyclic) bond motifs is 1. The molecule has 0 aromatic heterocycles. The van der Waals surface area contributed by atoms with Crippen LogP contribution in [0.1, 0.15) is 24.0 Å². The number of ether oxygens (including phenoxy) is 1. The van der Waals surface area contributed by atoms with E-state index in [1.165, 1.54) is 5.01 Å². The summed E-state index contributed by atoms with van der Waals surface area (Å²) in [5.41, 5.74) is 7.73. The van der Waals surface area contributed by atoms with E-state index in [0.29, 0.717) is 37.1 Å². The van der Waals surface area contributed by atoms with Crippen molar-refractivity contribution in [3.05, 3.63) is 65.7 Å². The largest absolute Gasteiger partial charge is 0.493 e. The summed E-state index contributed by atoms with van der Waals surface area (Å²) in [6.45, 7) is 0.995. The van der Waals surface area contributed by atoms with Crippen molar-refractivity contribution in [2.45, 2.75) is 25.3 Å². The molecule has 2 aromatic rings. The number of piperidine rings is 1. The molecule has 4 rings (SSSR count). The molecule has 2 atom stereocenters. The zero-order valence-electron chi connectivity index (χ0n) is 18.6. The smallest absolute Gasteiger partial charge is 0.256 e. The standard InChI is InChI=1S/C25H27N5O3/c1-29-24(32)25(15-18-6-3-2-4-7-18)17-30(12-10-22(25)28-29)23(31)21(27)11-13-33-20-9-5-8-19(14-20)16-26/h2-9,14,21H,10-13,15,17,27H2,1H3. The van der Waals surface area contributed by atoms with Gasteiger partial charge in [-0.2, -0.15) is 10.4 Å². The third kappa shape index (κ3) is 4.59. The molecule has 170 valence electrons. The molecule has 2 unspecified atom stereocenters. The Hall–Kier alpha value is -3.70. The van der Waals surface area contributed by atoms with E-state index in [9.17, 15) is 9.59 Å². The first kappa shape index (κ1) is 22.5. The quantitative estimate of drug-likeness (QED) is 0.700. The summed E-state index contributed by atoms with van der Waals surface area (Å²) in [7, 11) is 1.66. The molecule has 0 radical (unpaired) electrons. The van der Waals surface area contributed by atoms with Crippen molar-refractivity contribution in [3.63, 3.8) is 0 Å². The maximum absolute atomic E-state index is 13.2. The number of carbonyl (C=O) groups excluding carboxylic acids is 2. The fraction of sp³-hybridized carbons (Fsp3) is 0.360. The van der Waals surface area contributed by atoms with Crippen molar-refractivity contribution in [2.24, 2.45) is 16.3 Å². The van der Waals surface area contributed by atoms with Gasteiger partial charge in [-0.3, -0.25) is 9.59 Å². The van der Waals surface area contributed by atoms with E-state index in [-0.39, 0.29) is 25.0 Å². The average molecular weight is 446 g/mol. The number of hydrogen-bond acceptors (Lipinski definition) is 6. The van der Waals surface area contributed by atoms with E-state index in [2.05, 4.69) is 11.2 Å². The minimum absolute atomic E-state index is 0.0897. The van der Waals surface area contributed by atoms with Gasteiger partial charge in [-0.05, 0) is 30.2 Å². The lowest BCUT2D eigenvalue weighted by atomic mass is 9.73. The zero-order valence-corrected chi connectivity index (χ0v) is 18.6. The Kier molecular flexibility index (Phi) is 6.43. The lowest BCUT2D eigenvalue weighted by Gasteiger charge is -2.40. The number of benzene rings is 2. The molecule has 0 spiro atoms. The van der Waals surface area contributed by atoms with E-state index >= 15 is 0 Å². The monoisotopic (exact) mass is 445 g/mol. The van der Waals surface area contributed by atoms with Crippen LogP contribution in [0.2, 0.25) is 0 Å². The van der Waals surface area contributed by atoms with Crippen molar-refractivity contribution >= 4 is 17.5 Å². The Labute approximate surface area is 193 Å². The summed E-state index contributed by atoms with van der Waals surface area (Å²) in [4.78, 5) is 28.0. The molecule has 2 aromatic carbocycles. The molecule has 1 fully saturated rings. The van der Waals surface area contributed by atoms with Crippen LogP contribution in [0.3, 0.4) is 0 Å². The number of nitrogens with two attached hydrogens (primary N) is 1. The van der Waals surface area contributed by atoms with Crippen LogP contribution in [0.25, 0.3) is 0 Å². The van der Waals surface area contributed by atoms with Crippen LogP contribution >= 0.6 is 0 Å². The number of nitrogens with zero attached hydrogens (tertiary/aromatic N) is 4. The van der Waals surface area contributed by atoms with Gasteiger partial charge in [0.2, 0.25) is 5.91 Å². The maximum atomic E-state index is 13.2. The van der Waals surface area contributed by atoms with Gasteiger partial charge in [0.15, 0.2) is 0 Å². The summed E-state index contributed by atoms with van der Waals surface area (Å²) in [5.74, 6) is 0.278. The molecule has 2 aliphatic rings. The van der Waals surface area contributed by atoms with Crippen molar-refractivity contribution in [2.75, 3.05) is 26.7 Å². The second-order valence-electron chi connectivity index (χ2n) is 8.51. The summed E-state index contributed by atoms with van der Waals surface area (Å²) in [6.07, 6.45) is 1.36. The highest BCUT2D eigenvalue weighted by molar-refractivity contribution is 6.13. The van der Waals surface area contributed by atoms with Gasteiger partial charge in [0, 0.05) is 33.0 Å². The second kappa shape index (κ2) is 9.43. The van der Waals surface area contributed by atoms with Gasteiger partial charge in [-0.1, -0.05) is 36.4 Å². The summed E-state index contributed by atoms with van der Waals surface area (Å²) in [5, 5.41) is 14.9. The number of nitriles is 1. The Morgan fingerprint density at radius 3 is 2.82 bits per heavy atom. The molecule has 8 heteroatoms. The topological polar surface area (TPSA) is 112 Å². The average Bonchev–Trinajstić information content (AvgIpc) is 3.08. The molecule has 1 saturated heterocycles. The minimum atomic E-state index is -0.849. The Balaban J connectivity index is 1.42. The van der Waals surface area contributed by atoms with Crippen molar-refractivity contribution in [1.82, 2.24) is 9.91 Å². The molecule has 2 amide bonds. The summed E-state index contributed by atoms with van der Waals surface area (Å²) < 4.78 is 5.67. The summed E-state index contributed by atoms with van der Waals surface area (Å²) >= 11 is 0. The van der Waals surface area contributed by atoms with E-state index in [4.69, 9.17) is 15.7 Å². The van der Waals surface area contributed by atoms with Crippen LogP contribution in [-0.2, 0) is 16.0 Å². The fourth-order valence-electron chi connectivity index (χ4n) is 4.53. The molecule has 0 bridgehead atoms. The predicted molar refractivity (Wildman–Crippen MR) is 123 cm³/mol. The second-order valence-corrected chi connectivity index (χ2v) is 8.51. The molecule has 8 nitrogen and oxygen atoms in total. The van der Waals surface area contributed by atoms with Crippen LogP contribution in [0.5, 0.6) is 5.75 Å². The van der Waals surface area contributed by atoms with Crippen LogP contribution in [0, 0.1) is 16.7 Å². The van der Waals surface area contributed by atoms with Gasteiger partial charge >= 0.3 is 0 Å². The lowest BCUT2D eigenvalue weighted by molar-refractivity contribution is -0.140. The van der Waals surface area contributed by atoms with Gasteiger partial charge in [0.05, 0.1) is 30.0 Å². The molecule has 33 heavy (non-hydrogen) atoms. The molecular formula is C25H27N5O3. The number of amides is 2. The van der Waals surface area contributed by atoms with E-state index in [1.54, 1.807) is 36.2 Å². The number of hydrogen-bond donors (Lipinski definition) is 1. The van der Waals surface area contributed by atoms with Crippen LogP contribution in [0.4, 0.5) is 0 Å². The van der Waals surface area contributed by atoms with E-state index < -0.39 is 11.5 Å². The normalized spacial score (nSPS) is 20.6. The first-order valence-electron chi connectivity index (χ1n) is 11.0. The van der Waals surface area contributed by atoms with Crippen molar-refractivity contribution in [1.29, 1.82) is 5.26 Å². The highest BCUT2D eigenvalue weighted by Gasteiger charge is 2.53. The van der Waals surface area contributed by atoms with Crippen LogP contribution in [-0.4, -0.2) is 60.2 Å². The highest BCUT2D eigenvalue weighted by atomic mass is 16.5.